The number of aromatic nitrogens is 2. The first-order valence-corrected chi connectivity index (χ1v) is 10.7. The number of methoxy groups -OCH3 is 2. The minimum atomic E-state index is -0.842. The number of nitrogens with one attached hydrogen (secondary N) is 3. The first-order valence-electron chi connectivity index (χ1n) is 10.7. The molecule has 2 aromatic carbocycles. The lowest BCUT2D eigenvalue weighted by Gasteiger charge is -2.13. The third-order valence-corrected chi connectivity index (χ3v) is 5.04. The highest BCUT2D eigenvalue weighted by Gasteiger charge is 2.14. The summed E-state index contributed by atoms with van der Waals surface area (Å²) in [7, 11) is 3.07. The fourth-order valence-electron chi connectivity index (χ4n) is 3.35. The van der Waals surface area contributed by atoms with E-state index >= 15 is 0 Å². The summed E-state index contributed by atoms with van der Waals surface area (Å²) in [5.41, 5.74) is 1.60. The molecule has 0 fully saturated rings. The van der Waals surface area contributed by atoms with Gasteiger partial charge in [0.05, 0.1) is 25.4 Å². The Morgan fingerprint density at radius 1 is 0.833 bits per heavy atom. The van der Waals surface area contributed by atoms with Gasteiger partial charge in [0.1, 0.15) is 23.1 Å². The number of benzene rings is 2. The second-order valence-corrected chi connectivity index (χ2v) is 7.57. The van der Waals surface area contributed by atoms with E-state index in [1.54, 1.807) is 42.6 Å². The van der Waals surface area contributed by atoms with Gasteiger partial charge in [-0.2, -0.15) is 0 Å². The first kappa shape index (κ1) is 24.1. The number of phenols is 1. The molecule has 2 heterocycles. The fourth-order valence-corrected chi connectivity index (χ4v) is 3.35. The molecule has 184 valence electrons. The number of imide groups is 1. The number of rotatable bonds is 6. The van der Waals surface area contributed by atoms with Crippen molar-refractivity contribution in [1.82, 2.24) is 15.3 Å². The van der Waals surface area contributed by atoms with Crippen LogP contribution < -0.4 is 30.2 Å². The number of carbonyl (C=O) groups is 2. The molecule has 4 aromatic rings. The number of phenolic OH excluding ortho intramolecular Hbond substituents is 1. The van der Waals surface area contributed by atoms with Gasteiger partial charge in [0.15, 0.2) is 11.5 Å². The highest BCUT2D eigenvalue weighted by atomic mass is 16.5. The Morgan fingerprint density at radius 2 is 1.56 bits per heavy atom. The zero-order valence-corrected chi connectivity index (χ0v) is 19.7. The number of aryl methyl sites for hydroxylation is 1. The van der Waals surface area contributed by atoms with Crippen molar-refractivity contribution in [3.05, 3.63) is 66.5 Å². The van der Waals surface area contributed by atoms with Gasteiger partial charge in [-0.25, -0.2) is 14.6 Å². The number of aromatic hydroxyl groups is 1. The summed E-state index contributed by atoms with van der Waals surface area (Å²) in [6, 6.07) is 11.3. The van der Waals surface area contributed by atoms with Crippen LogP contribution in [0.4, 0.5) is 21.1 Å². The summed E-state index contributed by atoms with van der Waals surface area (Å²) in [6.07, 6.45) is 3.12. The molecule has 4 rings (SSSR count). The van der Waals surface area contributed by atoms with Crippen LogP contribution in [-0.4, -0.2) is 41.4 Å². The normalized spacial score (nSPS) is 10.4. The number of hydrogen-bond donors (Lipinski definition) is 4. The number of nitrogens with zero attached hydrogens (tertiary/aromatic N) is 2. The number of anilines is 2. The van der Waals surface area contributed by atoms with E-state index in [-0.39, 0.29) is 11.4 Å². The van der Waals surface area contributed by atoms with E-state index < -0.39 is 12.1 Å². The van der Waals surface area contributed by atoms with E-state index in [2.05, 4.69) is 25.9 Å². The van der Waals surface area contributed by atoms with Gasteiger partial charge in [0, 0.05) is 29.9 Å². The predicted octanol–water partition coefficient (Wildman–Crippen LogP) is 4.81. The van der Waals surface area contributed by atoms with Gasteiger partial charge >= 0.3 is 12.1 Å². The van der Waals surface area contributed by atoms with Crippen LogP contribution in [0.1, 0.15) is 5.56 Å². The lowest BCUT2D eigenvalue weighted by atomic mass is 10.2. The number of fused-ring (bicyclic) bond motifs is 1. The SMILES string of the molecule is COc1cc2nccc(Oc3ccc(NC(=O)NC(=O)Nc4cc(C)ccn4)c(O)c3)c2cc1OC. The van der Waals surface area contributed by atoms with Crippen molar-refractivity contribution in [3.63, 3.8) is 0 Å². The molecular weight excluding hydrogens is 466 g/mol. The largest absolute Gasteiger partial charge is 0.506 e. The zero-order valence-electron chi connectivity index (χ0n) is 19.7. The van der Waals surface area contributed by atoms with Crippen LogP contribution in [0.3, 0.4) is 0 Å². The van der Waals surface area contributed by atoms with Crippen LogP contribution in [0.2, 0.25) is 0 Å². The van der Waals surface area contributed by atoms with E-state index in [1.807, 2.05) is 6.92 Å². The molecule has 0 saturated carbocycles. The average molecular weight is 489 g/mol. The van der Waals surface area contributed by atoms with Crippen molar-refractivity contribution in [3.8, 4) is 28.7 Å². The van der Waals surface area contributed by atoms with Crippen molar-refractivity contribution in [2.75, 3.05) is 24.9 Å². The Labute approximate surface area is 206 Å². The van der Waals surface area contributed by atoms with Crippen LogP contribution in [-0.2, 0) is 0 Å². The molecule has 11 nitrogen and oxygen atoms in total. The van der Waals surface area contributed by atoms with Gasteiger partial charge in [0.25, 0.3) is 0 Å². The molecule has 4 amide bonds. The van der Waals surface area contributed by atoms with Crippen molar-refractivity contribution in [2.24, 2.45) is 0 Å². The molecule has 0 saturated heterocycles. The van der Waals surface area contributed by atoms with Crippen LogP contribution in [0.25, 0.3) is 10.9 Å². The molecule has 0 aliphatic carbocycles. The van der Waals surface area contributed by atoms with Crippen molar-refractivity contribution in [2.45, 2.75) is 6.92 Å². The van der Waals surface area contributed by atoms with E-state index in [9.17, 15) is 14.7 Å². The lowest BCUT2D eigenvalue weighted by molar-refractivity contribution is 0.240. The van der Waals surface area contributed by atoms with Gasteiger partial charge in [-0.1, -0.05) is 0 Å². The molecule has 0 atom stereocenters. The van der Waals surface area contributed by atoms with Crippen LogP contribution in [0, 0.1) is 6.92 Å². The average Bonchev–Trinajstić information content (AvgIpc) is 2.85. The quantitative estimate of drug-likeness (QED) is 0.283. The third-order valence-electron chi connectivity index (χ3n) is 5.04. The number of carbonyl (C=O) groups excluding carboxylic acids is 2. The van der Waals surface area contributed by atoms with E-state index in [0.717, 1.165) is 5.56 Å². The highest BCUT2D eigenvalue weighted by molar-refractivity contribution is 6.05. The molecule has 36 heavy (non-hydrogen) atoms. The number of ether oxygens (including phenoxy) is 3. The minimum absolute atomic E-state index is 0.0762. The number of hydrogen-bond acceptors (Lipinski definition) is 8. The maximum absolute atomic E-state index is 12.2. The summed E-state index contributed by atoms with van der Waals surface area (Å²) in [5, 5.41) is 18.0. The van der Waals surface area contributed by atoms with Gasteiger partial charge in [0.2, 0.25) is 0 Å². The molecular formula is C25H23N5O6. The molecule has 0 bridgehead atoms. The summed E-state index contributed by atoms with van der Waals surface area (Å²) in [5.74, 6) is 1.86. The Bertz CT molecular complexity index is 1440. The van der Waals surface area contributed by atoms with Crippen molar-refractivity contribution < 1.29 is 28.9 Å². The van der Waals surface area contributed by atoms with E-state index in [4.69, 9.17) is 14.2 Å². The molecule has 4 N–H and O–H groups in total. The maximum Gasteiger partial charge on any atom is 0.328 e. The predicted molar refractivity (Wildman–Crippen MR) is 133 cm³/mol. The molecule has 0 aliphatic rings. The maximum atomic E-state index is 12.2. The van der Waals surface area contributed by atoms with Gasteiger partial charge in [-0.15, -0.1) is 0 Å². The fraction of sp³-hybridized carbons (Fsp3) is 0.120. The molecule has 0 radical (unpaired) electrons. The van der Waals surface area contributed by atoms with E-state index in [0.29, 0.717) is 39.7 Å². The van der Waals surface area contributed by atoms with Crippen molar-refractivity contribution >= 4 is 34.5 Å². The molecule has 0 aliphatic heterocycles. The molecule has 11 heteroatoms. The van der Waals surface area contributed by atoms with E-state index in [1.165, 1.54) is 32.5 Å². The van der Waals surface area contributed by atoms with Crippen LogP contribution in [0.5, 0.6) is 28.7 Å². The van der Waals surface area contributed by atoms with Gasteiger partial charge < -0.3 is 24.6 Å². The van der Waals surface area contributed by atoms with Crippen LogP contribution in [0.15, 0.2) is 60.9 Å². The van der Waals surface area contributed by atoms with Gasteiger partial charge in [-0.3, -0.25) is 15.6 Å². The first-order chi connectivity index (χ1) is 17.4. The summed E-state index contributed by atoms with van der Waals surface area (Å²) < 4.78 is 16.6. The Kier molecular flexibility index (Phi) is 7.00. The Hall–Kier alpha value is -5.06. The molecule has 0 spiro atoms. The Balaban J connectivity index is 1.44. The van der Waals surface area contributed by atoms with Gasteiger partial charge in [-0.05, 0) is 48.9 Å². The minimum Gasteiger partial charge on any atom is -0.506 e. The smallest absolute Gasteiger partial charge is 0.328 e. The lowest BCUT2D eigenvalue weighted by Crippen LogP contribution is -2.37. The number of amides is 4. The Morgan fingerprint density at radius 3 is 2.28 bits per heavy atom. The number of pyridine rings is 2. The second kappa shape index (κ2) is 10.5. The topological polar surface area (TPSA) is 144 Å². The van der Waals surface area contributed by atoms with Crippen molar-refractivity contribution in [1.29, 1.82) is 0 Å². The standard InChI is InChI=1S/C25H23N5O6/c1-14-6-8-27-23(10-14)29-25(33)30-24(32)28-17-5-4-15(11-19(17)31)36-20-7-9-26-18-13-22(35-3)21(34-2)12-16(18)20/h4-13,31H,1-3H3,(H3,27,28,29,30,32,33). The second-order valence-electron chi connectivity index (χ2n) is 7.57. The molecule has 2 aromatic heterocycles. The number of urea groups is 2. The van der Waals surface area contributed by atoms with Crippen LogP contribution >= 0.6 is 0 Å². The molecule has 0 unspecified atom stereocenters. The monoisotopic (exact) mass is 489 g/mol. The highest BCUT2D eigenvalue weighted by Crippen LogP contribution is 2.38. The summed E-state index contributed by atoms with van der Waals surface area (Å²) in [4.78, 5) is 32.5. The summed E-state index contributed by atoms with van der Waals surface area (Å²) >= 11 is 0. The zero-order chi connectivity index (χ0) is 25.7. The third kappa shape index (κ3) is 5.53. The summed E-state index contributed by atoms with van der Waals surface area (Å²) in [6.45, 7) is 1.85.